The van der Waals surface area contributed by atoms with Gasteiger partial charge in [-0.2, -0.15) is 10.4 Å². The van der Waals surface area contributed by atoms with Crippen LogP contribution in [0.1, 0.15) is 18.9 Å². The summed E-state index contributed by atoms with van der Waals surface area (Å²) in [6.07, 6.45) is 2.46. The molecule has 2 aromatic carbocycles. The highest BCUT2D eigenvalue weighted by Gasteiger charge is 2.10. The Hall–Kier alpha value is -3.30. The topological polar surface area (TPSA) is 72.1 Å². The minimum Gasteiger partial charge on any atom is -0.494 e. The fraction of sp³-hybridized carbons (Fsp3) is 0.304. The van der Waals surface area contributed by atoms with Gasteiger partial charge in [-0.15, -0.1) is 0 Å². The minimum absolute atomic E-state index is 0.443. The molecule has 0 saturated carbocycles. The lowest BCUT2D eigenvalue weighted by atomic mass is 10.1. The fourth-order valence-corrected chi connectivity index (χ4v) is 2.97. The van der Waals surface area contributed by atoms with Crippen LogP contribution in [0.2, 0.25) is 0 Å². The van der Waals surface area contributed by atoms with Crippen molar-refractivity contribution in [2.24, 2.45) is 0 Å². The van der Waals surface area contributed by atoms with Crippen molar-refractivity contribution in [3.63, 3.8) is 0 Å². The number of nitriles is 1. The Kier molecular flexibility index (Phi) is 7.67. The SMILES string of the molecule is CCOc1ccc(OCCNCc2cn(CCC#N)nc2-c2ccccc2)cc1. The lowest BCUT2D eigenvalue weighted by molar-refractivity contribution is 0.311. The zero-order valence-corrected chi connectivity index (χ0v) is 16.7. The summed E-state index contributed by atoms with van der Waals surface area (Å²) < 4.78 is 13.1. The smallest absolute Gasteiger partial charge is 0.119 e. The highest BCUT2D eigenvalue weighted by atomic mass is 16.5. The van der Waals surface area contributed by atoms with Crippen molar-refractivity contribution < 1.29 is 9.47 Å². The number of benzene rings is 2. The molecule has 0 unspecified atom stereocenters. The van der Waals surface area contributed by atoms with E-state index in [1.165, 1.54) is 0 Å². The first kappa shape index (κ1) is 20.4. The number of hydrogen-bond donors (Lipinski definition) is 1. The van der Waals surface area contributed by atoms with Gasteiger partial charge < -0.3 is 14.8 Å². The molecular weight excluding hydrogens is 364 g/mol. The predicted molar refractivity (Wildman–Crippen MR) is 113 cm³/mol. The summed E-state index contributed by atoms with van der Waals surface area (Å²) >= 11 is 0. The largest absolute Gasteiger partial charge is 0.494 e. The monoisotopic (exact) mass is 390 g/mol. The van der Waals surface area contributed by atoms with Gasteiger partial charge >= 0.3 is 0 Å². The molecule has 0 bridgehead atoms. The van der Waals surface area contributed by atoms with Crippen LogP contribution in [-0.4, -0.2) is 29.5 Å². The molecule has 0 fully saturated rings. The van der Waals surface area contributed by atoms with Crippen molar-refractivity contribution >= 4 is 0 Å². The van der Waals surface area contributed by atoms with Crippen LogP contribution in [0.15, 0.2) is 60.8 Å². The molecule has 6 nitrogen and oxygen atoms in total. The molecule has 1 N–H and O–H groups in total. The first-order chi connectivity index (χ1) is 14.3. The van der Waals surface area contributed by atoms with Crippen LogP contribution in [0.25, 0.3) is 11.3 Å². The third-order valence-corrected chi connectivity index (χ3v) is 4.34. The summed E-state index contributed by atoms with van der Waals surface area (Å²) in [4.78, 5) is 0. The average Bonchev–Trinajstić information content (AvgIpc) is 3.17. The van der Waals surface area contributed by atoms with Gasteiger partial charge in [0.05, 0.1) is 31.3 Å². The van der Waals surface area contributed by atoms with E-state index in [0.29, 0.717) is 39.3 Å². The Labute approximate surface area is 171 Å². The van der Waals surface area contributed by atoms with Gasteiger partial charge in [-0.1, -0.05) is 30.3 Å². The second-order valence-corrected chi connectivity index (χ2v) is 6.47. The molecule has 150 valence electrons. The third-order valence-electron chi connectivity index (χ3n) is 4.34. The molecule has 0 radical (unpaired) electrons. The molecule has 1 aromatic heterocycles. The Morgan fingerprint density at radius 2 is 1.76 bits per heavy atom. The Morgan fingerprint density at radius 3 is 2.45 bits per heavy atom. The summed E-state index contributed by atoms with van der Waals surface area (Å²) in [6.45, 7) is 5.18. The number of aryl methyl sites for hydroxylation is 1. The van der Waals surface area contributed by atoms with Crippen LogP contribution in [0, 0.1) is 11.3 Å². The van der Waals surface area contributed by atoms with Crippen LogP contribution < -0.4 is 14.8 Å². The molecule has 3 aromatic rings. The quantitative estimate of drug-likeness (QED) is 0.501. The lowest BCUT2D eigenvalue weighted by Gasteiger charge is -2.09. The molecular formula is C23H26N4O2. The van der Waals surface area contributed by atoms with Crippen LogP contribution in [0.4, 0.5) is 0 Å². The molecule has 6 heteroatoms. The first-order valence-electron chi connectivity index (χ1n) is 9.85. The maximum absolute atomic E-state index is 8.83. The molecule has 0 spiro atoms. The van der Waals surface area contributed by atoms with Crippen LogP contribution >= 0.6 is 0 Å². The van der Waals surface area contributed by atoms with Crippen LogP contribution in [0.5, 0.6) is 11.5 Å². The highest BCUT2D eigenvalue weighted by Crippen LogP contribution is 2.22. The molecule has 1 heterocycles. The average molecular weight is 390 g/mol. The van der Waals surface area contributed by atoms with Crippen molar-refractivity contribution in [1.82, 2.24) is 15.1 Å². The van der Waals surface area contributed by atoms with Gasteiger partial charge in [0.2, 0.25) is 0 Å². The van der Waals surface area contributed by atoms with E-state index in [1.54, 1.807) is 0 Å². The lowest BCUT2D eigenvalue weighted by Crippen LogP contribution is -2.20. The molecule has 3 rings (SSSR count). The zero-order chi connectivity index (χ0) is 20.3. The van der Waals surface area contributed by atoms with Crippen LogP contribution in [0.3, 0.4) is 0 Å². The van der Waals surface area contributed by atoms with Gasteiger partial charge in [-0.25, -0.2) is 0 Å². The number of aromatic nitrogens is 2. The first-order valence-corrected chi connectivity index (χ1v) is 9.85. The number of ether oxygens (including phenoxy) is 2. The van der Waals surface area contributed by atoms with Crippen molar-refractivity contribution in [2.75, 3.05) is 19.8 Å². The van der Waals surface area contributed by atoms with Gasteiger partial charge in [0.15, 0.2) is 0 Å². The van der Waals surface area contributed by atoms with E-state index in [4.69, 9.17) is 14.7 Å². The second-order valence-electron chi connectivity index (χ2n) is 6.47. The summed E-state index contributed by atoms with van der Waals surface area (Å²) in [6, 6.07) is 19.9. The number of rotatable bonds is 11. The standard InChI is InChI=1S/C23H26N4O2/c1-2-28-21-9-11-22(12-10-21)29-16-14-25-17-20-18-27(15-6-13-24)26-23(20)19-7-4-3-5-8-19/h3-5,7-12,18,25H,2,6,14-17H2,1H3. The van der Waals surface area contributed by atoms with Gasteiger partial charge in [-0.05, 0) is 31.2 Å². The normalized spacial score (nSPS) is 10.5. The van der Waals surface area contributed by atoms with E-state index >= 15 is 0 Å². The van der Waals surface area contributed by atoms with E-state index in [-0.39, 0.29) is 0 Å². The van der Waals surface area contributed by atoms with Crippen molar-refractivity contribution in [1.29, 1.82) is 5.26 Å². The maximum atomic E-state index is 8.83. The molecule has 29 heavy (non-hydrogen) atoms. The predicted octanol–water partition coefficient (Wildman–Crippen LogP) is 4.03. The summed E-state index contributed by atoms with van der Waals surface area (Å²) in [5.41, 5.74) is 3.13. The minimum atomic E-state index is 0.443. The van der Waals surface area contributed by atoms with Gasteiger partial charge in [-0.3, -0.25) is 4.68 Å². The molecule has 0 saturated heterocycles. The van der Waals surface area contributed by atoms with E-state index < -0.39 is 0 Å². The Bertz CT molecular complexity index is 914. The summed E-state index contributed by atoms with van der Waals surface area (Å²) in [7, 11) is 0. The van der Waals surface area contributed by atoms with E-state index in [9.17, 15) is 0 Å². The van der Waals surface area contributed by atoms with Gasteiger partial charge in [0.1, 0.15) is 18.1 Å². The van der Waals surface area contributed by atoms with Crippen molar-refractivity contribution in [3.8, 4) is 28.8 Å². The Morgan fingerprint density at radius 1 is 1.03 bits per heavy atom. The van der Waals surface area contributed by atoms with E-state index in [1.807, 2.05) is 60.3 Å². The molecule has 0 aliphatic carbocycles. The van der Waals surface area contributed by atoms with Gasteiger partial charge in [0.25, 0.3) is 0 Å². The molecule has 0 aliphatic rings. The number of nitrogens with one attached hydrogen (secondary N) is 1. The fourth-order valence-electron chi connectivity index (χ4n) is 2.97. The number of nitrogens with zero attached hydrogens (tertiary/aromatic N) is 3. The van der Waals surface area contributed by atoms with Gasteiger partial charge in [0, 0.05) is 30.4 Å². The summed E-state index contributed by atoms with van der Waals surface area (Å²) in [5.74, 6) is 1.67. The maximum Gasteiger partial charge on any atom is 0.119 e. The highest BCUT2D eigenvalue weighted by molar-refractivity contribution is 5.62. The Balaban J connectivity index is 1.53. The molecule has 0 amide bonds. The van der Waals surface area contributed by atoms with Crippen molar-refractivity contribution in [2.45, 2.75) is 26.4 Å². The molecule has 0 atom stereocenters. The zero-order valence-electron chi connectivity index (χ0n) is 16.7. The summed E-state index contributed by atoms with van der Waals surface area (Å²) in [5, 5.41) is 16.9. The van der Waals surface area contributed by atoms with E-state index in [0.717, 1.165) is 28.3 Å². The van der Waals surface area contributed by atoms with Crippen LogP contribution in [-0.2, 0) is 13.1 Å². The third kappa shape index (κ3) is 6.09. The van der Waals surface area contributed by atoms with Crippen molar-refractivity contribution in [3.05, 3.63) is 66.4 Å². The number of hydrogen-bond acceptors (Lipinski definition) is 5. The molecule has 0 aliphatic heterocycles. The second kappa shape index (κ2) is 10.9. The van der Waals surface area contributed by atoms with E-state index in [2.05, 4.69) is 28.6 Å².